The van der Waals surface area contributed by atoms with Gasteiger partial charge in [-0.05, 0) is 52.0 Å². The minimum atomic E-state index is -0.175. The summed E-state index contributed by atoms with van der Waals surface area (Å²) in [6.07, 6.45) is 0. The molecule has 2 aromatic heterocycles. The number of amides is 1. The first-order valence-corrected chi connectivity index (χ1v) is 8.83. The second-order valence-electron chi connectivity index (χ2n) is 6.68. The highest BCUT2D eigenvalue weighted by Crippen LogP contribution is 2.20. The average Bonchev–Trinajstić information content (AvgIpc) is 3.24. The van der Waals surface area contributed by atoms with Crippen molar-refractivity contribution in [3.05, 3.63) is 59.3 Å². The van der Waals surface area contributed by atoms with Crippen LogP contribution in [0.25, 0.3) is 5.69 Å². The monoisotopic (exact) mass is 368 g/mol. The first kappa shape index (κ1) is 18.7. The first-order valence-electron chi connectivity index (χ1n) is 8.83. The maximum absolute atomic E-state index is 13.1. The molecule has 0 bridgehead atoms. The Balaban J connectivity index is 1.90. The molecule has 0 atom stereocenters. The quantitative estimate of drug-likeness (QED) is 0.665. The minimum absolute atomic E-state index is 0.00993. The third-order valence-corrected chi connectivity index (χ3v) is 4.40. The Labute approximate surface area is 158 Å². The highest BCUT2D eigenvalue weighted by molar-refractivity contribution is 5.93. The molecule has 0 spiro atoms. The van der Waals surface area contributed by atoms with Gasteiger partial charge in [0.05, 0.1) is 25.0 Å². The molecule has 0 saturated heterocycles. The number of carbonyl (C=O) groups excluding carboxylic acids is 1. The minimum Gasteiger partial charge on any atom is -0.497 e. The average molecular weight is 368 g/mol. The van der Waals surface area contributed by atoms with Gasteiger partial charge < -0.3 is 14.1 Å². The van der Waals surface area contributed by atoms with Crippen molar-refractivity contribution in [1.82, 2.24) is 19.9 Å². The normalized spacial score (nSPS) is 11.0. The topological polar surface area (TPSA) is 73.4 Å². The van der Waals surface area contributed by atoms with Crippen molar-refractivity contribution in [2.75, 3.05) is 7.11 Å². The van der Waals surface area contributed by atoms with Gasteiger partial charge in [0.25, 0.3) is 5.91 Å². The van der Waals surface area contributed by atoms with E-state index in [1.807, 2.05) is 64.1 Å². The molecule has 0 aliphatic carbocycles. The summed E-state index contributed by atoms with van der Waals surface area (Å²) < 4.78 is 12.5. The van der Waals surface area contributed by atoms with Gasteiger partial charge >= 0.3 is 0 Å². The number of furan rings is 1. The van der Waals surface area contributed by atoms with E-state index in [1.165, 1.54) is 0 Å². The number of hydrogen-bond donors (Lipinski definition) is 0. The molecule has 3 rings (SSSR count). The molecule has 0 unspecified atom stereocenters. The molecule has 142 valence electrons. The number of hydrogen-bond acceptors (Lipinski definition) is 5. The van der Waals surface area contributed by atoms with E-state index in [1.54, 1.807) is 16.7 Å². The summed E-state index contributed by atoms with van der Waals surface area (Å²) in [4.78, 5) is 14.9. The van der Waals surface area contributed by atoms with Crippen molar-refractivity contribution in [3.63, 3.8) is 0 Å². The lowest BCUT2D eigenvalue weighted by Crippen LogP contribution is -2.37. The number of aromatic nitrogens is 3. The Hall–Kier alpha value is -3.09. The van der Waals surface area contributed by atoms with Crippen LogP contribution in [0, 0.1) is 13.8 Å². The predicted octanol–water partition coefficient (Wildman–Crippen LogP) is 3.54. The zero-order chi connectivity index (χ0) is 19.6. The van der Waals surface area contributed by atoms with Gasteiger partial charge in [0.2, 0.25) is 0 Å². The highest BCUT2D eigenvalue weighted by Gasteiger charge is 2.26. The van der Waals surface area contributed by atoms with Crippen molar-refractivity contribution in [2.45, 2.75) is 40.3 Å². The smallest absolute Gasteiger partial charge is 0.276 e. The van der Waals surface area contributed by atoms with Crippen LogP contribution in [0.4, 0.5) is 0 Å². The van der Waals surface area contributed by atoms with Crippen LogP contribution >= 0.6 is 0 Å². The van der Waals surface area contributed by atoms with E-state index in [0.717, 1.165) is 17.2 Å². The number of rotatable bonds is 6. The van der Waals surface area contributed by atoms with E-state index < -0.39 is 0 Å². The van der Waals surface area contributed by atoms with Crippen molar-refractivity contribution in [2.24, 2.45) is 0 Å². The molecule has 7 nitrogen and oxygen atoms in total. The highest BCUT2D eigenvalue weighted by atomic mass is 16.5. The zero-order valence-electron chi connectivity index (χ0n) is 16.3. The Morgan fingerprint density at radius 3 is 2.67 bits per heavy atom. The molecule has 0 aliphatic heterocycles. The molecular weight excluding hydrogens is 344 g/mol. The fourth-order valence-corrected chi connectivity index (χ4v) is 2.88. The summed E-state index contributed by atoms with van der Waals surface area (Å²) in [5, 5.41) is 8.32. The molecule has 1 amide bonds. The van der Waals surface area contributed by atoms with Gasteiger partial charge in [-0.3, -0.25) is 4.79 Å². The van der Waals surface area contributed by atoms with Crippen LogP contribution in [-0.4, -0.2) is 39.0 Å². The molecule has 0 radical (unpaired) electrons. The molecule has 0 N–H and O–H groups in total. The first-order chi connectivity index (χ1) is 12.9. The molecular formula is C20H24N4O3. The van der Waals surface area contributed by atoms with Gasteiger partial charge in [-0.1, -0.05) is 11.3 Å². The van der Waals surface area contributed by atoms with Crippen LogP contribution in [0.1, 0.15) is 41.6 Å². The zero-order valence-corrected chi connectivity index (χ0v) is 16.3. The molecule has 7 heteroatoms. The van der Waals surface area contributed by atoms with Crippen molar-refractivity contribution >= 4 is 5.91 Å². The Morgan fingerprint density at radius 2 is 2.04 bits per heavy atom. The van der Waals surface area contributed by atoms with Crippen LogP contribution in [0.15, 0.2) is 40.8 Å². The Kier molecular flexibility index (Phi) is 5.30. The van der Waals surface area contributed by atoms with Crippen LogP contribution in [0.2, 0.25) is 0 Å². The maximum atomic E-state index is 13.1. The van der Waals surface area contributed by atoms with E-state index in [0.29, 0.717) is 23.7 Å². The van der Waals surface area contributed by atoms with E-state index in [4.69, 9.17) is 9.15 Å². The van der Waals surface area contributed by atoms with Gasteiger partial charge in [-0.15, -0.1) is 5.10 Å². The molecule has 0 saturated carbocycles. The molecule has 27 heavy (non-hydrogen) atoms. The number of aryl methyl sites for hydroxylation is 1. The second-order valence-corrected chi connectivity index (χ2v) is 6.68. The van der Waals surface area contributed by atoms with Crippen LogP contribution in [0.5, 0.6) is 5.75 Å². The van der Waals surface area contributed by atoms with Crippen molar-refractivity contribution in [1.29, 1.82) is 0 Å². The number of carbonyl (C=O) groups is 1. The van der Waals surface area contributed by atoms with Gasteiger partial charge in [0.1, 0.15) is 17.3 Å². The van der Waals surface area contributed by atoms with Crippen LogP contribution in [-0.2, 0) is 6.54 Å². The number of benzene rings is 1. The van der Waals surface area contributed by atoms with E-state index in [2.05, 4.69) is 10.3 Å². The van der Waals surface area contributed by atoms with E-state index >= 15 is 0 Å². The fourth-order valence-electron chi connectivity index (χ4n) is 2.88. The second kappa shape index (κ2) is 7.65. The fraction of sp³-hybridized carbons (Fsp3) is 0.350. The van der Waals surface area contributed by atoms with E-state index in [9.17, 15) is 4.79 Å². The predicted molar refractivity (Wildman–Crippen MR) is 101 cm³/mol. The summed E-state index contributed by atoms with van der Waals surface area (Å²) in [5.41, 5.74) is 1.79. The lowest BCUT2D eigenvalue weighted by atomic mass is 10.2. The van der Waals surface area contributed by atoms with Gasteiger partial charge in [-0.2, -0.15) is 0 Å². The molecule has 2 heterocycles. The standard InChI is InChI=1S/C20H24N4O3/c1-13(2)23(12-18-10-9-14(3)27-18)20(25)19-15(4)24(22-21-19)16-7-6-8-17(11-16)26-5/h6-11,13H,12H2,1-5H3. The lowest BCUT2D eigenvalue weighted by Gasteiger charge is -2.25. The number of nitrogens with zero attached hydrogens (tertiary/aromatic N) is 4. The molecule has 3 aromatic rings. The summed E-state index contributed by atoms with van der Waals surface area (Å²) in [7, 11) is 1.61. The third-order valence-electron chi connectivity index (χ3n) is 4.40. The largest absolute Gasteiger partial charge is 0.497 e. The van der Waals surface area contributed by atoms with Crippen molar-refractivity contribution < 1.29 is 13.9 Å². The molecule has 0 aliphatic rings. The summed E-state index contributed by atoms with van der Waals surface area (Å²) >= 11 is 0. The van der Waals surface area contributed by atoms with E-state index in [-0.39, 0.29) is 11.9 Å². The third kappa shape index (κ3) is 3.86. The van der Waals surface area contributed by atoms with Gasteiger partial charge in [0, 0.05) is 12.1 Å². The van der Waals surface area contributed by atoms with Crippen LogP contribution < -0.4 is 4.74 Å². The van der Waals surface area contributed by atoms with Gasteiger partial charge in [-0.25, -0.2) is 4.68 Å². The van der Waals surface area contributed by atoms with Crippen LogP contribution in [0.3, 0.4) is 0 Å². The Bertz CT molecular complexity index is 942. The summed E-state index contributed by atoms with van der Waals surface area (Å²) in [5.74, 6) is 2.10. The number of methoxy groups -OCH3 is 1. The molecule has 0 fully saturated rings. The lowest BCUT2D eigenvalue weighted by molar-refractivity contribution is 0.0668. The number of ether oxygens (including phenoxy) is 1. The van der Waals surface area contributed by atoms with Crippen molar-refractivity contribution in [3.8, 4) is 11.4 Å². The summed E-state index contributed by atoms with van der Waals surface area (Å²) in [6.45, 7) is 8.04. The summed E-state index contributed by atoms with van der Waals surface area (Å²) in [6, 6.07) is 11.2. The maximum Gasteiger partial charge on any atom is 0.276 e. The molecule has 1 aromatic carbocycles. The SMILES string of the molecule is COc1cccc(-n2nnc(C(=O)N(Cc3ccc(C)o3)C(C)C)c2C)c1. The van der Waals surface area contributed by atoms with Gasteiger partial charge in [0.15, 0.2) is 5.69 Å². The Morgan fingerprint density at radius 1 is 1.26 bits per heavy atom.